The molecular formula is C15H22N4O2. The minimum atomic E-state index is -0.00900. The maximum atomic E-state index is 12.5. The number of nitrogens with two attached hydrogens (primary N) is 1. The van der Waals surface area contributed by atoms with E-state index in [0.29, 0.717) is 42.5 Å². The van der Waals surface area contributed by atoms with E-state index in [2.05, 4.69) is 10.3 Å². The van der Waals surface area contributed by atoms with Crippen molar-refractivity contribution in [1.82, 2.24) is 15.2 Å². The second kappa shape index (κ2) is 6.56. The molecule has 1 aliphatic heterocycles. The minimum Gasteiger partial charge on any atom is -0.397 e. The van der Waals surface area contributed by atoms with Crippen LogP contribution < -0.4 is 11.1 Å². The van der Waals surface area contributed by atoms with Crippen LogP contribution in [0.25, 0.3) is 0 Å². The van der Waals surface area contributed by atoms with Crippen LogP contribution in [0.3, 0.4) is 0 Å². The number of rotatable bonds is 3. The first-order chi connectivity index (χ1) is 9.97. The zero-order chi connectivity index (χ0) is 15.4. The molecule has 0 atom stereocenters. The van der Waals surface area contributed by atoms with Crippen LogP contribution in [0.5, 0.6) is 0 Å². The number of aryl methyl sites for hydroxylation is 1. The smallest absolute Gasteiger partial charge is 0.255 e. The van der Waals surface area contributed by atoms with E-state index in [9.17, 15) is 9.59 Å². The van der Waals surface area contributed by atoms with Gasteiger partial charge >= 0.3 is 0 Å². The van der Waals surface area contributed by atoms with Gasteiger partial charge in [0.1, 0.15) is 0 Å². The van der Waals surface area contributed by atoms with Crippen molar-refractivity contribution in [1.29, 1.82) is 0 Å². The number of nitrogens with one attached hydrogen (secondary N) is 1. The fourth-order valence-electron chi connectivity index (χ4n) is 2.56. The Labute approximate surface area is 124 Å². The first-order valence-corrected chi connectivity index (χ1v) is 7.23. The van der Waals surface area contributed by atoms with Crippen molar-refractivity contribution in [3.63, 3.8) is 0 Å². The van der Waals surface area contributed by atoms with Crippen LogP contribution in [-0.2, 0) is 4.79 Å². The van der Waals surface area contributed by atoms with Gasteiger partial charge in [0.05, 0.1) is 23.1 Å². The van der Waals surface area contributed by atoms with Gasteiger partial charge < -0.3 is 16.0 Å². The van der Waals surface area contributed by atoms with Gasteiger partial charge in [-0.25, -0.2) is 0 Å². The molecule has 2 rings (SSSR count). The number of carbonyl (C=O) groups is 2. The van der Waals surface area contributed by atoms with Gasteiger partial charge in [-0.2, -0.15) is 0 Å². The Bertz CT molecular complexity index is 536. The molecule has 1 aliphatic rings. The van der Waals surface area contributed by atoms with Gasteiger partial charge in [-0.3, -0.25) is 14.6 Å². The third-order valence-corrected chi connectivity index (χ3v) is 3.88. The lowest BCUT2D eigenvalue weighted by Gasteiger charge is -2.32. The van der Waals surface area contributed by atoms with Crippen molar-refractivity contribution in [2.24, 2.45) is 5.92 Å². The largest absolute Gasteiger partial charge is 0.397 e. The molecule has 3 N–H and O–H groups in total. The van der Waals surface area contributed by atoms with Gasteiger partial charge in [-0.1, -0.05) is 0 Å². The van der Waals surface area contributed by atoms with Crippen molar-refractivity contribution in [3.8, 4) is 0 Å². The maximum absolute atomic E-state index is 12.5. The van der Waals surface area contributed by atoms with Crippen molar-refractivity contribution in [3.05, 3.63) is 23.5 Å². The monoisotopic (exact) mass is 290 g/mol. The Morgan fingerprint density at radius 2 is 2.10 bits per heavy atom. The summed E-state index contributed by atoms with van der Waals surface area (Å²) in [4.78, 5) is 29.4. The predicted molar refractivity (Wildman–Crippen MR) is 80.7 cm³/mol. The first kappa shape index (κ1) is 15.3. The number of nitrogens with zero attached hydrogens (tertiary/aromatic N) is 2. The molecule has 0 spiro atoms. The molecule has 1 aromatic heterocycles. The second-order valence-corrected chi connectivity index (χ2v) is 5.57. The summed E-state index contributed by atoms with van der Waals surface area (Å²) >= 11 is 0. The number of nitrogen functional groups attached to an aromatic ring is 1. The summed E-state index contributed by atoms with van der Waals surface area (Å²) in [7, 11) is 0. The van der Waals surface area contributed by atoms with Crippen molar-refractivity contribution >= 4 is 17.5 Å². The van der Waals surface area contributed by atoms with E-state index >= 15 is 0 Å². The number of likely N-dealkylation sites (tertiary alicyclic amines) is 1. The summed E-state index contributed by atoms with van der Waals surface area (Å²) in [6.07, 6.45) is 3.37. The Balaban J connectivity index is 1.94. The number of aromatic nitrogens is 1. The Kier molecular flexibility index (Phi) is 4.77. The average molecular weight is 290 g/mol. The Morgan fingerprint density at radius 3 is 2.71 bits per heavy atom. The molecule has 114 valence electrons. The van der Waals surface area contributed by atoms with Gasteiger partial charge in [-0.15, -0.1) is 0 Å². The minimum absolute atomic E-state index is 0.00466. The molecule has 0 saturated carbocycles. The molecule has 0 unspecified atom stereocenters. The highest BCUT2D eigenvalue weighted by atomic mass is 16.2. The lowest BCUT2D eigenvalue weighted by molar-refractivity contribution is -0.119. The lowest BCUT2D eigenvalue weighted by Crippen LogP contribution is -2.41. The summed E-state index contributed by atoms with van der Waals surface area (Å²) in [5, 5.41) is 2.84. The van der Waals surface area contributed by atoms with Crippen LogP contribution in [0, 0.1) is 12.8 Å². The van der Waals surface area contributed by atoms with E-state index in [1.807, 2.05) is 11.8 Å². The molecule has 0 bridgehead atoms. The van der Waals surface area contributed by atoms with E-state index in [4.69, 9.17) is 5.73 Å². The maximum Gasteiger partial charge on any atom is 0.255 e. The number of amides is 2. The normalized spacial score (nSPS) is 15.8. The molecule has 0 aromatic carbocycles. The second-order valence-electron chi connectivity index (χ2n) is 5.57. The average Bonchev–Trinajstić information content (AvgIpc) is 2.47. The van der Waals surface area contributed by atoms with Crippen molar-refractivity contribution in [2.75, 3.05) is 25.4 Å². The zero-order valence-electron chi connectivity index (χ0n) is 12.6. The third-order valence-electron chi connectivity index (χ3n) is 3.88. The molecule has 2 heterocycles. The van der Waals surface area contributed by atoms with Gasteiger partial charge in [0.2, 0.25) is 5.91 Å². The van der Waals surface area contributed by atoms with Gasteiger partial charge in [-0.05, 0) is 31.7 Å². The van der Waals surface area contributed by atoms with Crippen molar-refractivity contribution < 1.29 is 9.59 Å². The van der Waals surface area contributed by atoms with Gasteiger partial charge in [0, 0.05) is 26.6 Å². The van der Waals surface area contributed by atoms with Crippen LogP contribution in [0.15, 0.2) is 12.3 Å². The van der Waals surface area contributed by atoms with E-state index < -0.39 is 0 Å². The summed E-state index contributed by atoms with van der Waals surface area (Å²) < 4.78 is 0. The lowest BCUT2D eigenvalue weighted by atomic mass is 9.96. The summed E-state index contributed by atoms with van der Waals surface area (Å²) in [6, 6.07) is 1.69. The highest BCUT2D eigenvalue weighted by molar-refractivity contribution is 5.96. The van der Waals surface area contributed by atoms with Crippen LogP contribution in [0.4, 0.5) is 5.69 Å². The molecule has 0 aliphatic carbocycles. The number of carbonyl (C=O) groups excluding carboxylic acids is 2. The first-order valence-electron chi connectivity index (χ1n) is 7.23. The molecule has 1 saturated heterocycles. The molecule has 6 nitrogen and oxygen atoms in total. The fraction of sp³-hybridized carbons (Fsp3) is 0.533. The van der Waals surface area contributed by atoms with E-state index in [1.54, 1.807) is 12.3 Å². The molecule has 1 fully saturated rings. The zero-order valence-corrected chi connectivity index (χ0v) is 12.6. The van der Waals surface area contributed by atoms with Crippen LogP contribution in [0.2, 0.25) is 0 Å². The highest BCUT2D eigenvalue weighted by Gasteiger charge is 2.24. The summed E-state index contributed by atoms with van der Waals surface area (Å²) in [5.41, 5.74) is 7.50. The number of pyridine rings is 1. The molecule has 0 radical (unpaired) electrons. The van der Waals surface area contributed by atoms with E-state index in [1.165, 1.54) is 6.92 Å². The number of piperidine rings is 1. The van der Waals surface area contributed by atoms with Crippen LogP contribution >= 0.6 is 0 Å². The SMILES string of the molecule is CC(=O)NCC1CCN(C(=O)c2cc(N)cnc2C)CC1. The fourth-order valence-corrected chi connectivity index (χ4v) is 2.56. The molecule has 6 heteroatoms. The van der Waals surface area contributed by atoms with E-state index in [0.717, 1.165) is 12.8 Å². The Hall–Kier alpha value is -2.11. The third kappa shape index (κ3) is 3.93. The number of hydrogen-bond donors (Lipinski definition) is 2. The van der Waals surface area contributed by atoms with Crippen LogP contribution in [-0.4, -0.2) is 41.3 Å². The van der Waals surface area contributed by atoms with E-state index in [-0.39, 0.29) is 11.8 Å². The Morgan fingerprint density at radius 1 is 1.43 bits per heavy atom. The molecule has 2 amide bonds. The summed E-state index contributed by atoms with van der Waals surface area (Å²) in [6.45, 7) is 5.44. The van der Waals surface area contributed by atoms with Crippen LogP contribution in [0.1, 0.15) is 35.8 Å². The highest BCUT2D eigenvalue weighted by Crippen LogP contribution is 2.20. The number of anilines is 1. The topological polar surface area (TPSA) is 88.3 Å². The molecule has 1 aromatic rings. The van der Waals surface area contributed by atoms with Crippen molar-refractivity contribution in [2.45, 2.75) is 26.7 Å². The molecule has 21 heavy (non-hydrogen) atoms. The standard InChI is InChI=1S/C15H22N4O2/c1-10-14(7-13(16)9-17-10)15(21)19-5-3-12(4-6-19)8-18-11(2)20/h7,9,12H,3-6,8,16H2,1-2H3,(H,18,20). The van der Waals surface area contributed by atoms with Gasteiger partial charge in [0.15, 0.2) is 0 Å². The summed E-state index contributed by atoms with van der Waals surface area (Å²) in [5.74, 6) is 0.429. The van der Waals surface area contributed by atoms with Gasteiger partial charge in [0.25, 0.3) is 5.91 Å². The quantitative estimate of drug-likeness (QED) is 0.868. The predicted octanol–water partition coefficient (Wildman–Crippen LogP) is 0.961. The number of hydrogen-bond acceptors (Lipinski definition) is 4. The molecular weight excluding hydrogens is 268 g/mol.